The molecule has 2 heterocycles. The highest BCUT2D eigenvalue weighted by molar-refractivity contribution is 5.76. The number of benzene rings is 1. The molecule has 0 spiro atoms. The second kappa shape index (κ2) is 9.37. The molecular weight excluding hydrogens is 471 g/mol. The van der Waals surface area contributed by atoms with E-state index in [1.807, 2.05) is 13.0 Å². The lowest BCUT2D eigenvalue weighted by Gasteiger charge is -2.47. The number of alkyl halides is 3. The Kier molecular flexibility index (Phi) is 6.39. The van der Waals surface area contributed by atoms with E-state index < -0.39 is 17.7 Å². The van der Waals surface area contributed by atoms with E-state index in [2.05, 4.69) is 11.1 Å². The van der Waals surface area contributed by atoms with E-state index in [0.717, 1.165) is 18.6 Å². The molecule has 5 rings (SSSR count). The SMILES string of the molecule is C[C@H]1OC(=O)[C@@H]2CC3C[C@H](C(=O)O)CC[C@H]3[C@H](/C=C/c3ccc(-c4cccc(C(F)(F)F)c4)cn3)[C@H]12. The fraction of sp³-hybridized carbons (Fsp3) is 0.464. The highest BCUT2D eigenvalue weighted by Gasteiger charge is 2.54. The van der Waals surface area contributed by atoms with Crippen LogP contribution in [-0.4, -0.2) is 28.1 Å². The fourth-order valence-corrected chi connectivity index (χ4v) is 6.60. The fourth-order valence-electron chi connectivity index (χ4n) is 6.60. The molecule has 5 nitrogen and oxygen atoms in total. The third-order valence-corrected chi connectivity index (χ3v) is 8.30. The molecule has 36 heavy (non-hydrogen) atoms. The molecule has 8 heteroatoms. The number of aromatic nitrogens is 1. The van der Waals surface area contributed by atoms with Gasteiger partial charge in [0.05, 0.1) is 23.1 Å². The molecule has 2 aromatic rings. The van der Waals surface area contributed by atoms with Gasteiger partial charge in [-0.25, -0.2) is 0 Å². The number of nitrogens with zero attached hydrogens (tertiary/aromatic N) is 1. The van der Waals surface area contributed by atoms with E-state index in [1.54, 1.807) is 24.4 Å². The van der Waals surface area contributed by atoms with Gasteiger partial charge >= 0.3 is 18.1 Å². The number of carbonyl (C=O) groups is 2. The van der Waals surface area contributed by atoms with Gasteiger partial charge in [0.15, 0.2) is 0 Å². The third-order valence-electron chi connectivity index (χ3n) is 8.30. The molecule has 0 bridgehead atoms. The monoisotopic (exact) mass is 499 g/mol. The summed E-state index contributed by atoms with van der Waals surface area (Å²) in [6.45, 7) is 1.93. The Labute approximate surface area is 207 Å². The van der Waals surface area contributed by atoms with Crippen LogP contribution in [0.1, 0.15) is 43.9 Å². The summed E-state index contributed by atoms with van der Waals surface area (Å²) in [6, 6.07) is 8.67. The van der Waals surface area contributed by atoms with E-state index in [1.165, 1.54) is 6.07 Å². The van der Waals surface area contributed by atoms with Crippen molar-refractivity contribution in [1.82, 2.24) is 4.98 Å². The Morgan fingerprint density at radius 3 is 2.64 bits per heavy atom. The van der Waals surface area contributed by atoms with E-state index in [0.29, 0.717) is 36.1 Å². The normalized spacial score (nSPS) is 32.1. The topological polar surface area (TPSA) is 76.5 Å². The molecule has 7 atom stereocenters. The van der Waals surface area contributed by atoms with Crippen molar-refractivity contribution in [2.45, 2.75) is 44.9 Å². The minimum atomic E-state index is -4.41. The minimum Gasteiger partial charge on any atom is -0.481 e. The number of esters is 1. The zero-order chi connectivity index (χ0) is 25.6. The number of hydrogen-bond donors (Lipinski definition) is 1. The number of carboxylic acids is 1. The molecule has 0 amide bonds. The molecule has 1 aromatic carbocycles. The Balaban J connectivity index is 1.38. The summed E-state index contributed by atoms with van der Waals surface area (Å²) >= 11 is 0. The predicted octanol–water partition coefficient (Wildman–Crippen LogP) is 6.10. The van der Waals surface area contributed by atoms with Crippen LogP contribution >= 0.6 is 0 Å². The summed E-state index contributed by atoms with van der Waals surface area (Å²) in [5, 5.41) is 9.52. The van der Waals surface area contributed by atoms with Crippen molar-refractivity contribution in [3.8, 4) is 11.1 Å². The van der Waals surface area contributed by atoms with Gasteiger partial charge in [-0.15, -0.1) is 0 Å². The van der Waals surface area contributed by atoms with E-state index in [9.17, 15) is 27.9 Å². The van der Waals surface area contributed by atoms with Gasteiger partial charge in [-0.2, -0.15) is 13.2 Å². The Bertz CT molecular complexity index is 1180. The molecular formula is C28H28F3NO4. The van der Waals surface area contributed by atoms with Crippen LogP contribution in [0.2, 0.25) is 0 Å². The lowest BCUT2D eigenvalue weighted by molar-refractivity contribution is -0.145. The molecule has 3 aliphatic rings. The maximum Gasteiger partial charge on any atom is 0.416 e. The highest BCUT2D eigenvalue weighted by atomic mass is 19.4. The van der Waals surface area contributed by atoms with Gasteiger partial charge in [0.2, 0.25) is 0 Å². The number of fused-ring (bicyclic) bond motifs is 2. The van der Waals surface area contributed by atoms with Crippen molar-refractivity contribution in [3.63, 3.8) is 0 Å². The maximum atomic E-state index is 13.1. The van der Waals surface area contributed by atoms with Crippen molar-refractivity contribution < 1.29 is 32.6 Å². The molecule has 1 aromatic heterocycles. The number of carbonyl (C=O) groups excluding carboxylic acids is 1. The lowest BCUT2D eigenvalue weighted by atomic mass is 9.56. The molecule has 0 radical (unpaired) electrons. The molecule has 1 aliphatic heterocycles. The van der Waals surface area contributed by atoms with E-state index >= 15 is 0 Å². The molecule has 1 saturated heterocycles. The number of halogens is 3. The van der Waals surface area contributed by atoms with Crippen LogP contribution in [0.25, 0.3) is 17.2 Å². The smallest absolute Gasteiger partial charge is 0.416 e. The minimum absolute atomic E-state index is 0.0424. The first-order valence-corrected chi connectivity index (χ1v) is 12.4. The van der Waals surface area contributed by atoms with Crippen molar-refractivity contribution >= 4 is 18.0 Å². The average Bonchev–Trinajstić information content (AvgIpc) is 3.14. The number of aliphatic carboxylic acids is 1. The van der Waals surface area contributed by atoms with Crippen molar-refractivity contribution in [2.75, 3.05) is 0 Å². The maximum absolute atomic E-state index is 13.1. The average molecular weight is 500 g/mol. The first-order valence-electron chi connectivity index (χ1n) is 12.4. The molecule has 1 unspecified atom stereocenters. The number of hydrogen-bond acceptors (Lipinski definition) is 4. The molecule has 2 aliphatic carbocycles. The van der Waals surface area contributed by atoms with Gasteiger partial charge < -0.3 is 9.84 Å². The van der Waals surface area contributed by atoms with Crippen LogP contribution in [0.5, 0.6) is 0 Å². The predicted molar refractivity (Wildman–Crippen MR) is 126 cm³/mol. The number of carboxylic acid groups (broad SMARTS) is 1. The second-order valence-corrected chi connectivity index (χ2v) is 10.3. The van der Waals surface area contributed by atoms with E-state index in [-0.39, 0.29) is 47.6 Å². The zero-order valence-electron chi connectivity index (χ0n) is 19.8. The molecule has 2 saturated carbocycles. The Morgan fingerprint density at radius 2 is 1.94 bits per heavy atom. The summed E-state index contributed by atoms with van der Waals surface area (Å²) in [6.07, 6.45) is 3.62. The first kappa shape index (κ1) is 24.5. The Hall–Kier alpha value is -3.16. The largest absolute Gasteiger partial charge is 0.481 e. The summed E-state index contributed by atoms with van der Waals surface area (Å²) in [5.41, 5.74) is 0.995. The van der Waals surface area contributed by atoms with Crippen LogP contribution in [-0.2, 0) is 20.5 Å². The second-order valence-electron chi connectivity index (χ2n) is 10.3. The standard InChI is InChI=1S/C28H28F3NO4/c1-15-25-23(22-9-6-17(26(33)34)11-19(22)13-24(25)27(35)36-15)10-8-21-7-5-18(14-32-21)16-3-2-4-20(12-16)28(29,30)31/h2-5,7-8,10,12,14-15,17,19,22-25H,6,9,11,13H2,1H3,(H,33,34)/b10-8+/t15-,17-,19?,22-,23+,24-,25+/m1/s1. The van der Waals surface area contributed by atoms with Gasteiger partial charge in [0, 0.05) is 17.7 Å². The van der Waals surface area contributed by atoms with Crippen LogP contribution in [0.4, 0.5) is 13.2 Å². The van der Waals surface area contributed by atoms with Crippen LogP contribution in [0.3, 0.4) is 0 Å². The summed E-state index contributed by atoms with van der Waals surface area (Å²) in [5.74, 6) is -1.01. The van der Waals surface area contributed by atoms with E-state index in [4.69, 9.17) is 4.74 Å². The number of pyridine rings is 1. The van der Waals surface area contributed by atoms with Crippen LogP contribution in [0, 0.1) is 35.5 Å². The van der Waals surface area contributed by atoms with Gasteiger partial charge in [-0.3, -0.25) is 14.6 Å². The molecule has 190 valence electrons. The van der Waals surface area contributed by atoms with Crippen molar-refractivity contribution in [2.24, 2.45) is 35.5 Å². The molecule has 1 N–H and O–H groups in total. The van der Waals surface area contributed by atoms with Crippen LogP contribution in [0.15, 0.2) is 48.7 Å². The number of rotatable bonds is 4. The Morgan fingerprint density at radius 1 is 1.14 bits per heavy atom. The quantitative estimate of drug-likeness (QED) is 0.515. The van der Waals surface area contributed by atoms with Gasteiger partial charge in [-0.05, 0) is 80.2 Å². The highest BCUT2D eigenvalue weighted by Crippen LogP contribution is 2.54. The number of cyclic esters (lactones) is 1. The summed E-state index contributed by atoms with van der Waals surface area (Å²) < 4.78 is 44.8. The number of ether oxygens (including phenoxy) is 1. The molecule has 3 fully saturated rings. The number of allylic oxidation sites excluding steroid dienone is 1. The first-order chi connectivity index (χ1) is 17.1. The van der Waals surface area contributed by atoms with Crippen molar-refractivity contribution in [3.05, 3.63) is 59.9 Å². The summed E-state index contributed by atoms with van der Waals surface area (Å²) in [7, 11) is 0. The zero-order valence-corrected chi connectivity index (χ0v) is 19.8. The van der Waals surface area contributed by atoms with Crippen LogP contribution < -0.4 is 0 Å². The summed E-state index contributed by atoms with van der Waals surface area (Å²) in [4.78, 5) is 28.6. The third kappa shape index (κ3) is 4.65. The van der Waals surface area contributed by atoms with Gasteiger partial charge in [-0.1, -0.05) is 24.3 Å². The van der Waals surface area contributed by atoms with Gasteiger partial charge in [0.25, 0.3) is 0 Å². The van der Waals surface area contributed by atoms with Crippen molar-refractivity contribution in [1.29, 1.82) is 0 Å². The lowest BCUT2D eigenvalue weighted by Crippen LogP contribution is -2.44. The van der Waals surface area contributed by atoms with Gasteiger partial charge in [0.1, 0.15) is 6.10 Å².